The lowest BCUT2D eigenvalue weighted by Gasteiger charge is -2.24. The van der Waals surface area contributed by atoms with Crippen molar-refractivity contribution in [2.75, 3.05) is 5.73 Å². The molecule has 0 saturated carbocycles. The monoisotopic (exact) mass is 363 g/mol. The number of carbonyl (C=O) groups excluding carboxylic acids is 5. The Labute approximate surface area is 153 Å². The molecule has 0 aromatic heterocycles. The molecule has 0 radical (unpaired) electrons. The average molecular weight is 363 g/mol. The van der Waals surface area contributed by atoms with Gasteiger partial charge in [-0.05, 0) is 31.2 Å². The van der Waals surface area contributed by atoms with Gasteiger partial charge in [-0.2, -0.15) is 0 Å². The quantitative estimate of drug-likeness (QED) is 0.630. The number of carbonyl (C=O) groups is 5. The third-order valence-electron chi connectivity index (χ3n) is 4.74. The molecular formula is C19H13N3O5. The number of anilines is 1. The van der Waals surface area contributed by atoms with Crippen LogP contribution in [0, 0.1) is 0 Å². The minimum absolute atomic E-state index is 0.0166. The fourth-order valence-corrected chi connectivity index (χ4v) is 3.37. The van der Waals surface area contributed by atoms with Gasteiger partial charge in [0.25, 0.3) is 29.5 Å². The third-order valence-corrected chi connectivity index (χ3v) is 4.74. The molecule has 0 saturated heterocycles. The van der Waals surface area contributed by atoms with Crippen LogP contribution in [0.25, 0.3) is 0 Å². The van der Waals surface area contributed by atoms with Crippen molar-refractivity contribution in [3.8, 4) is 0 Å². The van der Waals surface area contributed by atoms with Gasteiger partial charge in [-0.3, -0.25) is 28.9 Å². The number of benzene rings is 2. The van der Waals surface area contributed by atoms with Crippen molar-refractivity contribution < 1.29 is 24.0 Å². The van der Waals surface area contributed by atoms with Gasteiger partial charge in [-0.1, -0.05) is 18.2 Å². The summed E-state index contributed by atoms with van der Waals surface area (Å²) in [5.41, 5.74) is 6.15. The van der Waals surface area contributed by atoms with Crippen molar-refractivity contribution >= 4 is 35.2 Å². The molecule has 0 fully saturated rings. The molecule has 0 bridgehead atoms. The smallest absolute Gasteiger partial charge is 0.270 e. The van der Waals surface area contributed by atoms with Gasteiger partial charge in [0.15, 0.2) is 0 Å². The Balaban J connectivity index is 1.68. The summed E-state index contributed by atoms with van der Waals surface area (Å²) < 4.78 is 0. The fraction of sp³-hybridized carbons (Fsp3) is 0.105. The predicted octanol–water partition coefficient (Wildman–Crippen LogP) is 1.08. The van der Waals surface area contributed by atoms with Crippen molar-refractivity contribution in [3.63, 3.8) is 0 Å². The van der Waals surface area contributed by atoms with Crippen LogP contribution in [0.5, 0.6) is 0 Å². The molecule has 2 aliphatic rings. The summed E-state index contributed by atoms with van der Waals surface area (Å²) >= 11 is 0. The van der Waals surface area contributed by atoms with Gasteiger partial charge < -0.3 is 5.73 Å². The normalized spacial score (nSPS) is 16.6. The highest BCUT2D eigenvalue weighted by atomic mass is 16.2. The van der Waals surface area contributed by atoms with Gasteiger partial charge in [0, 0.05) is 5.69 Å². The van der Waals surface area contributed by atoms with Crippen LogP contribution in [-0.2, 0) is 4.79 Å². The van der Waals surface area contributed by atoms with Crippen LogP contribution in [0.2, 0.25) is 0 Å². The molecule has 2 aliphatic heterocycles. The lowest BCUT2D eigenvalue weighted by Crippen LogP contribution is -2.51. The van der Waals surface area contributed by atoms with Crippen LogP contribution in [-0.4, -0.2) is 45.4 Å². The Hall–Kier alpha value is -3.81. The van der Waals surface area contributed by atoms with Crippen LogP contribution in [0.1, 0.15) is 48.4 Å². The fourth-order valence-electron chi connectivity index (χ4n) is 3.37. The highest BCUT2D eigenvalue weighted by molar-refractivity contribution is 6.32. The summed E-state index contributed by atoms with van der Waals surface area (Å²) in [6.07, 6.45) is 0. The number of hydrogen-bond acceptors (Lipinski definition) is 6. The minimum Gasteiger partial charge on any atom is -0.398 e. The molecule has 2 aromatic rings. The van der Waals surface area contributed by atoms with E-state index in [-0.39, 0.29) is 27.9 Å². The van der Waals surface area contributed by atoms with E-state index in [1.54, 1.807) is 12.1 Å². The lowest BCUT2D eigenvalue weighted by molar-refractivity contribution is -0.129. The molecule has 0 spiro atoms. The SMILES string of the molecule is C[C@@H](C(=O)N1C(=O)c2cccc(N)c2C1=O)N1C(=O)c2ccccc2C1=O. The van der Waals surface area contributed by atoms with Gasteiger partial charge in [-0.15, -0.1) is 0 Å². The van der Waals surface area contributed by atoms with Gasteiger partial charge in [0.05, 0.1) is 22.3 Å². The molecule has 27 heavy (non-hydrogen) atoms. The van der Waals surface area contributed by atoms with Gasteiger partial charge in [0.2, 0.25) is 0 Å². The molecule has 4 rings (SSSR count). The maximum atomic E-state index is 12.9. The molecular weight excluding hydrogens is 350 g/mol. The first-order chi connectivity index (χ1) is 12.8. The highest BCUT2D eigenvalue weighted by Crippen LogP contribution is 2.30. The van der Waals surface area contributed by atoms with Crippen LogP contribution in [0.15, 0.2) is 42.5 Å². The Morgan fingerprint density at radius 3 is 1.93 bits per heavy atom. The molecule has 8 nitrogen and oxygen atoms in total. The number of imide groups is 4. The third kappa shape index (κ3) is 2.13. The Bertz CT molecular complexity index is 1040. The second kappa shape index (κ2) is 5.60. The van der Waals surface area contributed by atoms with Crippen molar-refractivity contribution in [3.05, 3.63) is 64.7 Å². The van der Waals surface area contributed by atoms with Crippen LogP contribution >= 0.6 is 0 Å². The molecule has 1 atom stereocenters. The number of hydrogen-bond donors (Lipinski definition) is 1. The van der Waals surface area contributed by atoms with E-state index in [9.17, 15) is 24.0 Å². The number of nitrogen functional groups attached to an aromatic ring is 1. The van der Waals surface area contributed by atoms with E-state index in [4.69, 9.17) is 5.73 Å². The number of rotatable bonds is 2. The molecule has 134 valence electrons. The second-order valence-corrected chi connectivity index (χ2v) is 6.26. The van der Waals surface area contributed by atoms with E-state index in [0.717, 1.165) is 4.90 Å². The standard InChI is InChI=1S/C19H13N3O5/c1-9(21-16(24)10-5-2-3-6-11(10)17(21)25)15(23)22-18(26)12-7-4-8-13(20)14(12)19(22)27/h2-9H,20H2,1H3/t9-/m0/s1. The molecule has 2 N–H and O–H groups in total. The van der Waals surface area contributed by atoms with E-state index in [0.29, 0.717) is 4.90 Å². The molecule has 0 unspecified atom stereocenters. The largest absolute Gasteiger partial charge is 0.398 e. The van der Waals surface area contributed by atoms with E-state index < -0.39 is 35.6 Å². The maximum absolute atomic E-state index is 12.9. The predicted molar refractivity (Wildman–Crippen MR) is 92.8 cm³/mol. The number of fused-ring (bicyclic) bond motifs is 2. The summed E-state index contributed by atoms with van der Waals surface area (Å²) in [7, 11) is 0. The van der Waals surface area contributed by atoms with Gasteiger partial charge in [0.1, 0.15) is 6.04 Å². The van der Waals surface area contributed by atoms with Gasteiger partial charge >= 0.3 is 0 Å². The minimum atomic E-state index is -1.33. The summed E-state index contributed by atoms with van der Waals surface area (Å²) in [5.74, 6) is -3.94. The molecule has 8 heteroatoms. The van der Waals surface area contributed by atoms with Crippen LogP contribution in [0.3, 0.4) is 0 Å². The zero-order chi connectivity index (χ0) is 19.5. The van der Waals surface area contributed by atoms with E-state index in [2.05, 4.69) is 0 Å². The maximum Gasteiger partial charge on any atom is 0.270 e. The second-order valence-electron chi connectivity index (χ2n) is 6.26. The Morgan fingerprint density at radius 2 is 1.37 bits per heavy atom. The molecule has 2 heterocycles. The van der Waals surface area contributed by atoms with Crippen molar-refractivity contribution in [2.45, 2.75) is 13.0 Å². The summed E-state index contributed by atoms with van der Waals surface area (Å²) in [6, 6.07) is 9.18. The zero-order valence-corrected chi connectivity index (χ0v) is 14.1. The van der Waals surface area contributed by atoms with E-state index in [1.165, 1.54) is 37.3 Å². The average Bonchev–Trinajstić information content (AvgIpc) is 3.06. The highest BCUT2D eigenvalue weighted by Gasteiger charge is 2.47. The van der Waals surface area contributed by atoms with Crippen molar-refractivity contribution in [2.24, 2.45) is 0 Å². The zero-order valence-electron chi connectivity index (χ0n) is 14.1. The van der Waals surface area contributed by atoms with Crippen LogP contribution < -0.4 is 5.73 Å². The Kier molecular flexibility index (Phi) is 3.45. The van der Waals surface area contributed by atoms with Gasteiger partial charge in [-0.25, -0.2) is 4.90 Å². The Morgan fingerprint density at radius 1 is 0.815 bits per heavy atom. The first kappa shape index (κ1) is 16.6. The van der Waals surface area contributed by atoms with E-state index in [1.807, 2.05) is 0 Å². The van der Waals surface area contributed by atoms with Crippen molar-refractivity contribution in [1.29, 1.82) is 0 Å². The lowest BCUT2D eigenvalue weighted by atomic mass is 10.1. The molecule has 5 amide bonds. The number of nitrogens with two attached hydrogens (primary N) is 1. The molecule has 2 aromatic carbocycles. The summed E-state index contributed by atoms with van der Waals surface area (Å²) in [6.45, 7) is 1.30. The molecule has 0 aliphatic carbocycles. The number of nitrogens with zero attached hydrogens (tertiary/aromatic N) is 2. The van der Waals surface area contributed by atoms with Crippen LogP contribution in [0.4, 0.5) is 5.69 Å². The first-order valence-electron chi connectivity index (χ1n) is 8.12. The summed E-state index contributed by atoms with van der Waals surface area (Å²) in [5, 5.41) is 0. The number of amides is 5. The van der Waals surface area contributed by atoms with E-state index >= 15 is 0 Å². The first-order valence-corrected chi connectivity index (χ1v) is 8.12. The topological polar surface area (TPSA) is 118 Å². The summed E-state index contributed by atoms with van der Waals surface area (Å²) in [4.78, 5) is 64.3. The van der Waals surface area contributed by atoms with Crippen molar-refractivity contribution in [1.82, 2.24) is 9.80 Å².